The van der Waals surface area contributed by atoms with Gasteiger partial charge in [0.1, 0.15) is 5.75 Å². The van der Waals surface area contributed by atoms with Crippen LogP contribution >= 0.6 is 0 Å². The topological polar surface area (TPSA) is 52.3 Å². The molecule has 0 aliphatic heterocycles. The van der Waals surface area contributed by atoms with Crippen LogP contribution < -0.4 is 4.74 Å². The first-order chi connectivity index (χ1) is 13.2. The number of carbonyl (C=O) groups excluding carboxylic acids is 1. The van der Waals surface area contributed by atoms with Crippen molar-refractivity contribution in [1.29, 1.82) is 0 Å². The van der Waals surface area contributed by atoms with Crippen LogP contribution in [0.4, 0.5) is 0 Å². The van der Waals surface area contributed by atoms with Gasteiger partial charge in [-0.15, -0.1) is 0 Å². The molecule has 4 rings (SSSR count). The van der Waals surface area contributed by atoms with Gasteiger partial charge in [-0.3, -0.25) is 4.79 Å². The van der Waals surface area contributed by atoms with Gasteiger partial charge in [-0.1, -0.05) is 60.2 Å². The minimum Gasteiger partial charge on any atom is -0.441 e. The molecule has 0 saturated heterocycles. The number of rotatable bonds is 5. The summed E-state index contributed by atoms with van der Waals surface area (Å²) in [6.45, 7) is 2.04. The molecule has 0 aliphatic rings. The van der Waals surface area contributed by atoms with Crippen LogP contribution in [0.5, 0.6) is 5.75 Å². The van der Waals surface area contributed by atoms with E-state index in [-0.39, 0.29) is 12.4 Å². The largest absolute Gasteiger partial charge is 0.441 e. The Labute approximate surface area is 157 Å². The van der Waals surface area contributed by atoms with E-state index >= 15 is 0 Å². The van der Waals surface area contributed by atoms with Crippen molar-refractivity contribution >= 4 is 16.7 Å². The van der Waals surface area contributed by atoms with Crippen molar-refractivity contribution in [2.24, 2.45) is 0 Å². The number of aryl methyl sites for hydroxylation is 2. The molecule has 4 aromatic rings. The summed E-state index contributed by atoms with van der Waals surface area (Å²) in [6, 6.07) is 21.6. The van der Waals surface area contributed by atoms with E-state index in [1.807, 2.05) is 67.6 Å². The number of hydrogen-bond acceptors (Lipinski definition) is 4. The first-order valence-corrected chi connectivity index (χ1v) is 8.88. The molecule has 1 aromatic heterocycles. The van der Waals surface area contributed by atoms with Crippen LogP contribution in [0.25, 0.3) is 22.1 Å². The third kappa shape index (κ3) is 4.06. The number of hydrogen-bond donors (Lipinski definition) is 0. The molecule has 3 aromatic carbocycles. The zero-order valence-electron chi connectivity index (χ0n) is 15.0. The van der Waals surface area contributed by atoms with E-state index in [0.717, 1.165) is 16.3 Å². The average Bonchev–Trinajstić information content (AvgIpc) is 3.16. The fraction of sp³-hybridized carbons (Fsp3) is 0.130. The predicted molar refractivity (Wildman–Crippen MR) is 105 cm³/mol. The summed E-state index contributed by atoms with van der Waals surface area (Å²) in [5.41, 5.74) is 2.16. The van der Waals surface area contributed by atoms with Crippen LogP contribution in [-0.4, -0.2) is 11.0 Å². The molecule has 1 heterocycles. The lowest BCUT2D eigenvalue weighted by Gasteiger charge is -2.05. The standard InChI is InChI=1S/C23H19NO3/c1-16-6-8-18(9-7-16)21-15-24-22(27-21)12-13-23(25)26-20-11-10-17-4-2-3-5-19(17)14-20/h2-11,14-15H,12-13H2,1H3. The van der Waals surface area contributed by atoms with Gasteiger partial charge >= 0.3 is 5.97 Å². The zero-order chi connectivity index (χ0) is 18.6. The normalized spacial score (nSPS) is 10.9. The molecule has 4 heteroatoms. The van der Waals surface area contributed by atoms with Gasteiger partial charge < -0.3 is 9.15 Å². The Balaban J connectivity index is 1.37. The molecule has 0 spiro atoms. The lowest BCUT2D eigenvalue weighted by atomic mass is 10.1. The average molecular weight is 357 g/mol. The number of fused-ring (bicyclic) bond motifs is 1. The minimum absolute atomic E-state index is 0.209. The molecule has 27 heavy (non-hydrogen) atoms. The molecule has 0 unspecified atom stereocenters. The van der Waals surface area contributed by atoms with Crippen LogP contribution in [0.15, 0.2) is 77.3 Å². The number of ether oxygens (including phenoxy) is 1. The fourth-order valence-corrected chi connectivity index (χ4v) is 2.90. The van der Waals surface area contributed by atoms with E-state index < -0.39 is 0 Å². The Morgan fingerprint density at radius 3 is 2.59 bits per heavy atom. The molecule has 0 fully saturated rings. The molecule has 0 aliphatic carbocycles. The molecule has 0 saturated carbocycles. The van der Waals surface area contributed by atoms with Gasteiger partial charge in [0.15, 0.2) is 11.7 Å². The van der Waals surface area contributed by atoms with Crippen molar-refractivity contribution in [3.05, 3.63) is 84.4 Å². The summed E-state index contributed by atoms with van der Waals surface area (Å²) in [5, 5.41) is 2.15. The molecular formula is C23H19NO3. The van der Waals surface area contributed by atoms with Gasteiger partial charge in [0, 0.05) is 12.0 Å². The Kier molecular flexibility index (Phi) is 4.71. The highest BCUT2D eigenvalue weighted by Crippen LogP contribution is 2.23. The third-order valence-electron chi connectivity index (χ3n) is 4.39. The van der Waals surface area contributed by atoms with Crippen molar-refractivity contribution in [2.45, 2.75) is 19.8 Å². The number of nitrogens with zero attached hydrogens (tertiary/aromatic N) is 1. The van der Waals surface area contributed by atoms with E-state index in [2.05, 4.69) is 4.98 Å². The smallest absolute Gasteiger partial charge is 0.311 e. The number of carbonyl (C=O) groups is 1. The first-order valence-electron chi connectivity index (χ1n) is 8.88. The second-order valence-corrected chi connectivity index (χ2v) is 6.47. The van der Waals surface area contributed by atoms with Crippen LogP contribution in [0.2, 0.25) is 0 Å². The third-order valence-corrected chi connectivity index (χ3v) is 4.39. The van der Waals surface area contributed by atoms with E-state index in [1.54, 1.807) is 12.3 Å². The van der Waals surface area contributed by atoms with Gasteiger partial charge in [-0.25, -0.2) is 4.98 Å². The Bertz CT molecular complexity index is 1080. The lowest BCUT2D eigenvalue weighted by molar-refractivity contribution is -0.134. The highest BCUT2D eigenvalue weighted by atomic mass is 16.5. The number of oxazole rings is 1. The van der Waals surface area contributed by atoms with Gasteiger partial charge in [0.25, 0.3) is 0 Å². The maximum absolute atomic E-state index is 12.1. The van der Waals surface area contributed by atoms with E-state index in [9.17, 15) is 4.79 Å². The lowest BCUT2D eigenvalue weighted by Crippen LogP contribution is -2.09. The second kappa shape index (κ2) is 7.46. The van der Waals surface area contributed by atoms with Crippen molar-refractivity contribution < 1.29 is 13.9 Å². The molecule has 134 valence electrons. The summed E-state index contributed by atoms with van der Waals surface area (Å²) in [4.78, 5) is 16.4. The highest BCUT2D eigenvalue weighted by molar-refractivity contribution is 5.84. The SMILES string of the molecule is Cc1ccc(-c2cnc(CCC(=O)Oc3ccc4ccccc4c3)o2)cc1. The van der Waals surface area contributed by atoms with Crippen LogP contribution in [-0.2, 0) is 11.2 Å². The molecule has 4 nitrogen and oxygen atoms in total. The summed E-state index contributed by atoms with van der Waals surface area (Å²) in [7, 11) is 0. The summed E-state index contributed by atoms with van der Waals surface area (Å²) < 4.78 is 11.2. The maximum Gasteiger partial charge on any atom is 0.311 e. The van der Waals surface area contributed by atoms with Crippen molar-refractivity contribution in [1.82, 2.24) is 4.98 Å². The quantitative estimate of drug-likeness (QED) is 0.357. The number of aromatic nitrogens is 1. The molecule has 0 atom stereocenters. The fourth-order valence-electron chi connectivity index (χ4n) is 2.90. The van der Waals surface area contributed by atoms with Crippen molar-refractivity contribution in [2.75, 3.05) is 0 Å². The zero-order valence-corrected chi connectivity index (χ0v) is 15.0. The molecule has 0 bridgehead atoms. The van der Waals surface area contributed by atoms with Gasteiger partial charge in [0.05, 0.1) is 12.6 Å². The molecule has 0 amide bonds. The van der Waals surface area contributed by atoms with Crippen LogP contribution in [0.3, 0.4) is 0 Å². The summed E-state index contributed by atoms with van der Waals surface area (Å²) in [5.74, 6) is 1.47. The van der Waals surface area contributed by atoms with Gasteiger partial charge in [0.2, 0.25) is 0 Å². The summed E-state index contributed by atoms with van der Waals surface area (Å²) in [6.07, 6.45) is 2.30. The van der Waals surface area contributed by atoms with E-state index in [0.29, 0.717) is 23.8 Å². The molecule has 0 radical (unpaired) electrons. The summed E-state index contributed by atoms with van der Waals surface area (Å²) >= 11 is 0. The Hall–Kier alpha value is -3.40. The highest BCUT2D eigenvalue weighted by Gasteiger charge is 2.11. The van der Waals surface area contributed by atoms with Crippen LogP contribution in [0, 0.1) is 6.92 Å². The Morgan fingerprint density at radius 1 is 1.00 bits per heavy atom. The minimum atomic E-state index is -0.305. The monoisotopic (exact) mass is 357 g/mol. The second-order valence-electron chi connectivity index (χ2n) is 6.47. The van der Waals surface area contributed by atoms with Crippen molar-refractivity contribution in [3.8, 4) is 17.1 Å². The molecule has 0 N–H and O–H groups in total. The van der Waals surface area contributed by atoms with Crippen molar-refractivity contribution in [3.63, 3.8) is 0 Å². The first kappa shape index (κ1) is 17.0. The van der Waals surface area contributed by atoms with Gasteiger partial charge in [-0.2, -0.15) is 0 Å². The van der Waals surface area contributed by atoms with Crippen LogP contribution in [0.1, 0.15) is 17.9 Å². The maximum atomic E-state index is 12.1. The molecular weight excluding hydrogens is 338 g/mol. The van der Waals surface area contributed by atoms with E-state index in [1.165, 1.54) is 5.56 Å². The van der Waals surface area contributed by atoms with Gasteiger partial charge in [-0.05, 0) is 29.8 Å². The number of benzene rings is 3. The number of esters is 1. The van der Waals surface area contributed by atoms with E-state index in [4.69, 9.17) is 9.15 Å². The Morgan fingerprint density at radius 2 is 1.78 bits per heavy atom. The predicted octanol–water partition coefficient (Wildman–Crippen LogP) is 5.34.